The second kappa shape index (κ2) is 5.99. The second-order valence-corrected chi connectivity index (χ2v) is 7.24. The first kappa shape index (κ1) is 16.6. The summed E-state index contributed by atoms with van der Waals surface area (Å²) in [6.45, 7) is 1.47. The van der Waals surface area contributed by atoms with Gasteiger partial charge < -0.3 is 15.7 Å². The van der Waals surface area contributed by atoms with E-state index in [2.05, 4.69) is 15.0 Å². The molecule has 0 unspecified atom stereocenters. The van der Waals surface area contributed by atoms with E-state index in [0.717, 1.165) is 0 Å². The number of hydrogen-bond donors (Lipinski definition) is 5. The van der Waals surface area contributed by atoms with E-state index in [0.29, 0.717) is 11.3 Å². The van der Waals surface area contributed by atoms with Crippen molar-refractivity contribution in [1.82, 2.24) is 0 Å². The summed E-state index contributed by atoms with van der Waals surface area (Å²) in [5.41, 5.74) is 1.26. The van der Waals surface area contributed by atoms with Gasteiger partial charge in [-0.1, -0.05) is 22.4 Å². The van der Waals surface area contributed by atoms with Crippen LogP contribution in [-0.4, -0.2) is 26.0 Å². The van der Waals surface area contributed by atoms with Crippen molar-refractivity contribution in [3.8, 4) is 5.75 Å². The van der Waals surface area contributed by atoms with Crippen LogP contribution in [0.3, 0.4) is 0 Å². The highest BCUT2D eigenvalue weighted by atomic mass is 35.5. The number of nitrogens with one attached hydrogen (secondary N) is 2. The van der Waals surface area contributed by atoms with Crippen molar-refractivity contribution < 1.29 is 19.0 Å². The number of carbonyl (C=O) groups excluding carboxylic acids is 1. The van der Waals surface area contributed by atoms with Crippen LogP contribution in [0.1, 0.15) is 17.3 Å². The van der Waals surface area contributed by atoms with Crippen LogP contribution in [0.4, 0.5) is 11.4 Å². The van der Waals surface area contributed by atoms with Crippen LogP contribution in [0, 0.1) is 0 Å². The van der Waals surface area contributed by atoms with Crippen molar-refractivity contribution in [1.29, 1.82) is 0 Å². The number of aromatic hydroxyl groups is 1. The monoisotopic (exact) mass is 367 g/mol. The Morgan fingerprint density at radius 3 is 2.54 bits per heavy atom. The zero-order valence-corrected chi connectivity index (χ0v) is 14.0. The number of nitrogens with zero attached hydrogens (tertiary/aromatic N) is 1. The molecule has 5 N–H and O–H groups in total. The summed E-state index contributed by atoms with van der Waals surface area (Å²) >= 11 is 5.83. The number of carbonyl (C=O) groups is 1. The zero-order valence-electron chi connectivity index (χ0n) is 12.4. The molecule has 7 nitrogen and oxygen atoms in total. The topological polar surface area (TPSA) is 114 Å². The van der Waals surface area contributed by atoms with Crippen molar-refractivity contribution in [2.75, 3.05) is 10.6 Å². The number of ketones is 1. The lowest BCUT2D eigenvalue weighted by Gasteiger charge is -2.34. The van der Waals surface area contributed by atoms with Gasteiger partial charge in [-0.05, 0) is 37.3 Å². The molecule has 0 spiro atoms. The Morgan fingerprint density at radius 1 is 1.25 bits per heavy atom. The Bertz CT molecular complexity index is 853. The summed E-state index contributed by atoms with van der Waals surface area (Å²) in [4.78, 5) is 11.3. The molecule has 1 heterocycles. The smallest absolute Gasteiger partial charge is 0.223 e. The third-order valence-corrected chi connectivity index (χ3v) is 4.92. The molecule has 0 fully saturated rings. The van der Waals surface area contributed by atoms with E-state index in [9.17, 15) is 19.0 Å². The lowest BCUT2D eigenvalue weighted by molar-refractivity contribution is 0.101. The number of phenols is 1. The van der Waals surface area contributed by atoms with Crippen molar-refractivity contribution in [3.05, 3.63) is 47.0 Å². The molecule has 0 amide bonds. The molecular weight excluding hydrogens is 354 g/mol. The molecule has 2 aromatic carbocycles. The third kappa shape index (κ3) is 3.17. The van der Waals surface area contributed by atoms with Crippen LogP contribution >= 0.6 is 22.4 Å². The van der Waals surface area contributed by atoms with E-state index in [4.69, 9.17) is 11.6 Å². The van der Waals surface area contributed by atoms with Gasteiger partial charge in [-0.25, -0.2) is 0 Å². The van der Waals surface area contributed by atoms with Gasteiger partial charge in [0.15, 0.2) is 5.78 Å². The van der Waals surface area contributed by atoms with Gasteiger partial charge in [-0.3, -0.25) is 13.9 Å². The average molecular weight is 368 g/mol. The summed E-state index contributed by atoms with van der Waals surface area (Å²) in [7, 11) is -3.51. The Hall–Kier alpha value is -2.26. The van der Waals surface area contributed by atoms with Gasteiger partial charge in [-0.15, -0.1) is 4.40 Å². The van der Waals surface area contributed by atoms with E-state index in [1.807, 2.05) is 0 Å². The lowest BCUT2D eigenvalue weighted by atomic mass is 10.1. The molecule has 0 aliphatic carbocycles. The first-order valence-corrected chi connectivity index (χ1v) is 8.70. The summed E-state index contributed by atoms with van der Waals surface area (Å²) < 4.78 is 24.2. The zero-order chi connectivity index (χ0) is 17.5. The van der Waals surface area contributed by atoms with Crippen LogP contribution in [0.5, 0.6) is 5.75 Å². The number of rotatable bonds is 2. The first-order chi connectivity index (χ1) is 11.3. The van der Waals surface area contributed by atoms with Gasteiger partial charge in [0, 0.05) is 22.3 Å². The number of guanidine groups is 1. The fourth-order valence-corrected chi connectivity index (χ4v) is 3.64. The summed E-state index contributed by atoms with van der Waals surface area (Å²) in [6.07, 6.45) is 0. The first-order valence-electron chi connectivity index (χ1n) is 6.82. The number of fused-ring (bicyclic) bond motifs is 1. The SMILES string of the molecule is CC(=O)c1ccc(NC2=NS(O)(O)c3cc(Cl)cc(O)c3N2)cc1. The summed E-state index contributed by atoms with van der Waals surface area (Å²) in [6, 6.07) is 9.21. The normalized spacial score (nSPS) is 16.4. The van der Waals surface area contributed by atoms with Crippen LogP contribution < -0.4 is 10.6 Å². The quantitative estimate of drug-likeness (QED) is 0.402. The van der Waals surface area contributed by atoms with Crippen LogP contribution in [0.2, 0.25) is 5.02 Å². The standard InChI is InChI=1S/C15H14ClN3O4S/c1-8(20)9-2-4-11(5-3-9)17-15-18-14-12(21)6-10(16)7-13(14)24(22,23)19-15/h2-7,21-23H,1H3,(H2,17,18,19). The predicted octanol–water partition coefficient (Wildman–Crippen LogP) is 4.17. The minimum absolute atomic E-state index is 0.0185. The molecule has 3 rings (SSSR count). The molecule has 9 heteroatoms. The predicted molar refractivity (Wildman–Crippen MR) is 95.4 cm³/mol. The number of anilines is 2. The molecule has 0 radical (unpaired) electrons. The van der Waals surface area contributed by atoms with Crippen molar-refractivity contribution >= 4 is 45.5 Å². The third-order valence-electron chi connectivity index (χ3n) is 3.36. The number of benzene rings is 2. The molecule has 0 saturated heterocycles. The number of hydrogen-bond acceptors (Lipinski definition) is 7. The van der Waals surface area contributed by atoms with Gasteiger partial charge in [0.1, 0.15) is 16.3 Å². The molecule has 126 valence electrons. The maximum Gasteiger partial charge on any atom is 0.223 e. The van der Waals surface area contributed by atoms with Crippen molar-refractivity contribution in [3.63, 3.8) is 0 Å². The molecule has 0 aromatic heterocycles. The van der Waals surface area contributed by atoms with E-state index in [-0.39, 0.29) is 33.1 Å². The highest BCUT2D eigenvalue weighted by molar-refractivity contribution is 8.23. The fourth-order valence-electron chi connectivity index (χ4n) is 2.21. The molecule has 1 aliphatic rings. The van der Waals surface area contributed by atoms with E-state index >= 15 is 0 Å². The van der Waals surface area contributed by atoms with Gasteiger partial charge >= 0.3 is 0 Å². The molecule has 2 aromatic rings. The Labute approximate surface area is 144 Å². The highest BCUT2D eigenvalue weighted by Gasteiger charge is 2.28. The second-order valence-electron chi connectivity index (χ2n) is 5.14. The molecule has 0 atom stereocenters. The molecule has 0 saturated carbocycles. The van der Waals surface area contributed by atoms with Crippen LogP contribution in [-0.2, 0) is 0 Å². The molecule has 24 heavy (non-hydrogen) atoms. The van der Waals surface area contributed by atoms with E-state index in [1.165, 1.54) is 19.1 Å². The van der Waals surface area contributed by atoms with Crippen LogP contribution in [0.25, 0.3) is 0 Å². The summed E-state index contributed by atoms with van der Waals surface area (Å²) in [5.74, 6) is -0.228. The largest absolute Gasteiger partial charge is 0.506 e. The maximum absolute atomic E-state index is 11.3. The summed E-state index contributed by atoms with van der Waals surface area (Å²) in [5, 5.41) is 15.8. The van der Waals surface area contributed by atoms with Gasteiger partial charge in [0.05, 0.1) is 0 Å². The maximum atomic E-state index is 11.3. The highest BCUT2D eigenvalue weighted by Crippen LogP contribution is 2.57. The van der Waals surface area contributed by atoms with Crippen molar-refractivity contribution in [2.45, 2.75) is 11.8 Å². The minimum Gasteiger partial charge on any atom is -0.506 e. The van der Waals surface area contributed by atoms with Crippen LogP contribution in [0.15, 0.2) is 45.7 Å². The molecular formula is C15H14ClN3O4S. The minimum atomic E-state index is -3.51. The Kier molecular flexibility index (Phi) is 4.14. The Morgan fingerprint density at radius 2 is 1.92 bits per heavy atom. The molecule has 1 aliphatic heterocycles. The van der Waals surface area contributed by atoms with E-state index in [1.54, 1.807) is 24.3 Å². The number of phenolic OH excluding ortho intramolecular Hbond substituents is 1. The van der Waals surface area contributed by atoms with E-state index < -0.39 is 10.8 Å². The van der Waals surface area contributed by atoms with Crippen molar-refractivity contribution in [2.24, 2.45) is 4.40 Å². The Balaban J connectivity index is 1.90. The lowest BCUT2D eigenvalue weighted by Crippen LogP contribution is -2.27. The van der Waals surface area contributed by atoms with Gasteiger partial charge in [0.25, 0.3) is 0 Å². The average Bonchev–Trinajstić information content (AvgIpc) is 2.48. The molecule has 0 bridgehead atoms. The van der Waals surface area contributed by atoms with Gasteiger partial charge in [-0.2, -0.15) is 0 Å². The number of Topliss-reactive ketones (excluding diaryl/α,β-unsaturated/α-hetero) is 1. The number of halogens is 1. The van der Waals surface area contributed by atoms with Gasteiger partial charge in [0.2, 0.25) is 5.96 Å². The fraction of sp³-hybridized carbons (Fsp3) is 0.0667.